The van der Waals surface area contributed by atoms with E-state index in [0.29, 0.717) is 5.92 Å². The van der Waals surface area contributed by atoms with Crippen molar-refractivity contribution in [1.29, 1.82) is 0 Å². The summed E-state index contributed by atoms with van der Waals surface area (Å²) in [6, 6.07) is 10.6. The van der Waals surface area contributed by atoms with Gasteiger partial charge in [-0.2, -0.15) is 0 Å². The van der Waals surface area contributed by atoms with Crippen LogP contribution in [0.3, 0.4) is 0 Å². The largest absolute Gasteiger partial charge is 0.444 e. The number of nitrogens with one attached hydrogen (secondary N) is 1. The summed E-state index contributed by atoms with van der Waals surface area (Å²) in [7, 11) is 0. The first-order chi connectivity index (χ1) is 14.3. The number of imidazole rings is 1. The Morgan fingerprint density at radius 2 is 2.00 bits per heavy atom. The van der Waals surface area contributed by atoms with Gasteiger partial charge in [0, 0.05) is 15.9 Å². The molecule has 5 nitrogen and oxygen atoms in total. The van der Waals surface area contributed by atoms with E-state index in [-0.39, 0.29) is 18.2 Å². The lowest BCUT2D eigenvalue weighted by Crippen LogP contribution is -2.43. The second-order valence-corrected chi connectivity index (χ2v) is 10.6. The molecule has 3 atom stereocenters. The molecule has 1 saturated carbocycles. The molecule has 3 aromatic rings. The maximum Gasteiger partial charge on any atom is 0.411 e. The van der Waals surface area contributed by atoms with E-state index in [2.05, 4.69) is 45.2 Å². The van der Waals surface area contributed by atoms with Crippen LogP contribution in [0.1, 0.15) is 64.7 Å². The number of fused-ring (bicyclic) bond motifs is 4. The lowest BCUT2D eigenvalue weighted by molar-refractivity contribution is 0.00953. The summed E-state index contributed by atoms with van der Waals surface area (Å²) in [5.74, 6) is 1.40. The lowest BCUT2D eigenvalue weighted by atomic mass is 9.85. The first-order valence-corrected chi connectivity index (χ1v) is 11.7. The predicted molar refractivity (Wildman–Crippen MR) is 122 cm³/mol. The third-order valence-corrected chi connectivity index (χ3v) is 6.95. The molecule has 1 aromatic heterocycles. The molecule has 0 spiro atoms. The molecule has 2 aromatic carbocycles. The van der Waals surface area contributed by atoms with E-state index in [9.17, 15) is 4.79 Å². The smallest absolute Gasteiger partial charge is 0.411 e. The molecule has 1 aliphatic carbocycles. The number of H-pyrrole nitrogens is 1. The molecular weight excluding hydrogens is 442 g/mol. The Labute approximate surface area is 185 Å². The molecule has 0 bridgehead atoms. The van der Waals surface area contributed by atoms with Gasteiger partial charge in [0.05, 0.1) is 17.1 Å². The minimum Gasteiger partial charge on any atom is -0.444 e. The number of aromatic amines is 1. The average Bonchev–Trinajstić information content (AvgIpc) is 3.27. The molecule has 0 radical (unpaired) electrons. The van der Waals surface area contributed by atoms with Crippen molar-refractivity contribution in [3.63, 3.8) is 0 Å². The maximum atomic E-state index is 13.2. The van der Waals surface area contributed by atoms with Gasteiger partial charge in [0.2, 0.25) is 0 Å². The van der Waals surface area contributed by atoms with Crippen LogP contribution in [0.4, 0.5) is 4.79 Å². The van der Waals surface area contributed by atoms with Crippen LogP contribution in [0.5, 0.6) is 0 Å². The van der Waals surface area contributed by atoms with E-state index in [1.807, 2.05) is 31.7 Å². The van der Waals surface area contributed by atoms with Gasteiger partial charge in [0.1, 0.15) is 11.4 Å². The average molecular weight is 470 g/mol. The van der Waals surface area contributed by atoms with Crippen LogP contribution in [0, 0.1) is 5.92 Å². The summed E-state index contributed by atoms with van der Waals surface area (Å²) in [5.41, 5.74) is 1.47. The van der Waals surface area contributed by atoms with E-state index < -0.39 is 5.60 Å². The minimum atomic E-state index is -0.508. The zero-order valence-corrected chi connectivity index (χ0v) is 19.3. The van der Waals surface area contributed by atoms with E-state index in [0.717, 1.165) is 44.9 Å². The quantitative estimate of drug-likeness (QED) is 0.430. The number of likely N-dealkylation sites (tertiary alicyclic amines) is 1. The van der Waals surface area contributed by atoms with Gasteiger partial charge in [0.15, 0.2) is 0 Å². The van der Waals surface area contributed by atoms with Crippen molar-refractivity contribution < 1.29 is 9.53 Å². The molecule has 5 rings (SSSR count). The molecule has 6 heteroatoms. The van der Waals surface area contributed by atoms with E-state index >= 15 is 0 Å². The molecule has 2 fully saturated rings. The minimum absolute atomic E-state index is 0.0640. The van der Waals surface area contributed by atoms with E-state index in [4.69, 9.17) is 9.72 Å². The standard InChI is InChI=1S/C24H28BrN3O2/c1-24(2,3)30-23(29)28-19-7-5-4-6-15(19)13-20(28)22-26-18-11-8-14-12-16(25)9-10-17(14)21(18)27-22/h8-12,15,19-20H,4-7,13H2,1-3H3,(H,26,27)/t15-,19-,20-/m0/s1. The van der Waals surface area contributed by atoms with Gasteiger partial charge in [-0.15, -0.1) is 0 Å². The molecule has 1 N–H and O–H groups in total. The van der Waals surface area contributed by atoms with Crippen LogP contribution in [-0.2, 0) is 4.74 Å². The molecule has 1 aliphatic heterocycles. The number of hydrogen-bond acceptors (Lipinski definition) is 3. The number of aromatic nitrogens is 2. The van der Waals surface area contributed by atoms with Gasteiger partial charge in [-0.1, -0.05) is 40.9 Å². The van der Waals surface area contributed by atoms with Gasteiger partial charge in [-0.05, 0) is 69.5 Å². The van der Waals surface area contributed by atoms with Crippen LogP contribution >= 0.6 is 15.9 Å². The van der Waals surface area contributed by atoms with Gasteiger partial charge < -0.3 is 9.72 Å². The van der Waals surface area contributed by atoms with E-state index in [1.54, 1.807) is 0 Å². The molecule has 0 unspecified atom stereocenters. The number of carbonyl (C=O) groups is 1. The van der Waals surface area contributed by atoms with Gasteiger partial charge >= 0.3 is 6.09 Å². The first-order valence-electron chi connectivity index (χ1n) is 10.9. The van der Waals surface area contributed by atoms with Crippen molar-refractivity contribution in [2.45, 2.75) is 70.6 Å². The third kappa shape index (κ3) is 3.49. The fourth-order valence-corrected chi connectivity index (χ4v) is 5.61. The zero-order chi connectivity index (χ0) is 21.0. The van der Waals surface area contributed by atoms with Crippen LogP contribution in [0.2, 0.25) is 0 Å². The Kier molecular flexibility index (Phi) is 4.80. The number of hydrogen-bond donors (Lipinski definition) is 1. The Hall–Kier alpha value is -2.08. The molecule has 2 aliphatic rings. The van der Waals surface area contributed by atoms with Crippen molar-refractivity contribution >= 4 is 43.8 Å². The third-order valence-electron chi connectivity index (χ3n) is 6.46. The van der Waals surface area contributed by atoms with Gasteiger partial charge in [0.25, 0.3) is 0 Å². The molecule has 1 amide bonds. The molecule has 1 saturated heterocycles. The number of carbonyl (C=O) groups excluding carboxylic acids is 1. The molecule has 158 valence electrons. The van der Waals surface area contributed by atoms with Crippen LogP contribution in [0.15, 0.2) is 34.8 Å². The summed E-state index contributed by atoms with van der Waals surface area (Å²) < 4.78 is 6.88. The van der Waals surface area contributed by atoms with Crippen molar-refractivity contribution in [3.8, 4) is 0 Å². The highest BCUT2D eigenvalue weighted by atomic mass is 79.9. The maximum absolute atomic E-state index is 13.2. The summed E-state index contributed by atoms with van der Waals surface area (Å²) >= 11 is 3.55. The van der Waals surface area contributed by atoms with Gasteiger partial charge in [-0.25, -0.2) is 9.78 Å². The van der Waals surface area contributed by atoms with Crippen molar-refractivity contribution in [2.75, 3.05) is 0 Å². The number of benzene rings is 2. The Morgan fingerprint density at radius 3 is 2.80 bits per heavy atom. The summed E-state index contributed by atoms with van der Waals surface area (Å²) in [6.45, 7) is 5.79. The fraction of sp³-hybridized carbons (Fsp3) is 0.500. The van der Waals surface area contributed by atoms with Crippen LogP contribution < -0.4 is 0 Å². The molecule has 2 heterocycles. The number of ether oxygens (including phenoxy) is 1. The van der Waals surface area contributed by atoms with E-state index in [1.165, 1.54) is 19.3 Å². The lowest BCUT2D eigenvalue weighted by Gasteiger charge is -2.34. The van der Waals surface area contributed by atoms with Crippen molar-refractivity contribution in [3.05, 3.63) is 40.6 Å². The predicted octanol–water partition coefficient (Wildman–Crippen LogP) is 6.72. The number of halogens is 1. The first kappa shape index (κ1) is 19.9. The highest BCUT2D eigenvalue weighted by Gasteiger charge is 2.47. The van der Waals surface area contributed by atoms with Gasteiger partial charge in [-0.3, -0.25) is 4.90 Å². The summed E-state index contributed by atoms with van der Waals surface area (Å²) in [6.07, 6.45) is 5.39. The topological polar surface area (TPSA) is 58.2 Å². The Balaban J connectivity index is 1.57. The Morgan fingerprint density at radius 1 is 1.20 bits per heavy atom. The number of rotatable bonds is 1. The second-order valence-electron chi connectivity index (χ2n) is 9.70. The van der Waals surface area contributed by atoms with Crippen LogP contribution in [-0.4, -0.2) is 32.6 Å². The molecular formula is C24H28BrN3O2. The normalized spacial score (nSPS) is 24.4. The summed E-state index contributed by atoms with van der Waals surface area (Å²) in [5, 5.41) is 2.27. The van der Waals surface area contributed by atoms with Crippen molar-refractivity contribution in [1.82, 2.24) is 14.9 Å². The Bertz CT molecular complexity index is 1120. The number of nitrogens with zero attached hydrogens (tertiary/aromatic N) is 2. The van der Waals surface area contributed by atoms with Crippen molar-refractivity contribution in [2.24, 2.45) is 5.92 Å². The zero-order valence-electron chi connectivity index (χ0n) is 17.7. The highest BCUT2D eigenvalue weighted by Crippen LogP contribution is 2.46. The highest BCUT2D eigenvalue weighted by molar-refractivity contribution is 9.10. The number of amides is 1. The van der Waals surface area contributed by atoms with Crippen LogP contribution in [0.25, 0.3) is 21.8 Å². The monoisotopic (exact) mass is 469 g/mol. The second kappa shape index (κ2) is 7.26. The summed E-state index contributed by atoms with van der Waals surface area (Å²) in [4.78, 5) is 23.8. The fourth-order valence-electron chi connectivity index (χ4n) is 5.23. The SMILES string of the molecule is CC(C)(C)OC(=O)N1[C@H](c2nc3c(ccc4cc(Br)ccc43)[nH]2)C[C@@H]2CCCC[C@@H]21. The molecule has 30 heavy (non-hydrogen) atoms.